The molecule has 9 unspecified atom stereocenters. The van der Waals surface area contributed by atoms with Crippen LogP contribution in [0.5, 0.6) is 0 Å². The molecule has 71 heavy (non-hydrogen) atoms. The van der Waals surface area contributed by atoms with Crippen molar-refractivity contribution in [3.8, 4) is 0 Å². The Balaban J connectivity index is 2.33. The van der Waals surface area contributed by atoms with Crippen LogP contribution in [-0.2, 0) is 14.3 Å². The van der Waals surface area contributed by atoms with E-state index in [0.717, 1.165) is 57.8 Å². The molecular weight excluding hydrogens is 895 g/mol. The zero-order valence-corrected chi connectivity index (χ0v) is 45.7. The van der Waals surface area contributed by atoms with Crippen LogP contribution in [-0.4, -0.2) is 110 Å². The Labute approximate surface area is 435 Å². The maximum Gasteiger partial charge on any atom is 0.249 e. The van der Waals surface area contributed by atoms with Crippen LogP contribution in [0.1, 0.15) is 271 Å². The molecule has 1 aliphatic heterocycles. The summed E-state index contributed by atoms with van der Waals surface area (Å²) < 4.78 is 11.1. The predicted molar refractivity (Wildman–Crippen MR) is 293 cm³/mol. The molecule has 0 aromatic carbocycles. The summed E-state index contributed by atoms with van der Waals surface area (Å²) in [6, 6.07) is -1.19. The molecule has 11 nitrogen and oxygen atoms in total. The number of carbonyl (C=O) groups is 1. The number of nitrogens with one attached hydrogen (secondary N) is 1. The molecule has 0 aliphatic carbocycles. The first-order valence-electron chi connectivity index (χ1n) is 29.9. The molecule has 0 aromatic heterocycles. The van der Waals surface area contributed by atoms with E-state index in [0.29, 0.717) is 19.3 Å². The van der Waals surface area contributed by atoms with Crippen LogP contribution in [0, 0.1) is 0 Å². The summed E-state index contributed by atoms with van der Waals surface area (Å²) in [7, 11) is 0. The summed E-state index contributed by atoms with van der Waals surface area (Å²) in [5.41, 5.74) is 0. The molecule has 0 aromatic rings. The molecule has 1 fully saturated rings. The first-order valence-corrected chi connectivity index (χ1v) is 29.9. The fraction of sp³-hybridized carbons (Fsp3) is 0.883. The van der Waals surface area contributed by atoms with Gasteiger partial charge in [0.15, 0.2) is 6.29 Å². The number of rotatable bonds is 51. The molecule has 0 saturated carbocycles. The van der Waals surface area contributed by atoms with Crippen molar-refractivity contribution < 1.29 is 50.0 Å². The lowest BCUT2D eigenvalue weighted by Crippen LogP contribution is -2.60. The van der Waals surface area contributed by atoms with Crippen molar-refractivity contribution in [3.05, 3.63) is 36.5 Å². The van der Waals surface area contributed by atoms with Crippen molar-refractivity contribution in [1.29, 1.82) is 0 Å². The van der Waals surface area contributed by atoms with Crippen molar-refractivity contribution in [2.45, 2.75) is 326 Å². The Kier molecular flexibility index (Phi) is 46.7. The predicted octanol–water partition coefficient (Wildman–Crippen LogP) is 12.7. The van der Waals surface area contributed by atoms with E-state index in [1.807, 2.05) is 0 Å². The summed E-state index contributed by atoms with van der Waals surface area (Å²) in [5.74, 6) is -0.713. The van der Waals surface area contributed by atoms with Gasteiger partial charge in [0.2, 0.25) is 5.91 Å². The third kappa shape index (κ3) is 37.7. The minimum atomic E-state index is -1.67. The van der Waals surface area contributed by atoms with E-state index in [1.54, 1.807) is 0 Å². The summed E-state index contributed by atoms with van der Waals surface area (Å²) in [6.45, 7) is 3.46. The monoisotopic (exact) mass is 1010 g/mol. The Bertz CT molecular complexity index is 1250. The maximum atomic E-state index is 13.2. The molecule has 9 atom stereocenters. The SMILES string of the molecule is CCCCCCCCCC/C=C\CCCCCCCCC(O)C(=O)NC(COC1OC(CO)C(O)C(O)C1O)C(O)C(O)CCC/C=C/CC/C=C/CCCCCCCCCCCCCCCCCCC. The summed E-state index contributed by atoms with van der Waals surface area (Å²) in [4.78, 5) is 13.2. The van der Waals surface area contributed by atoms with Crippen LogP contribution in [0.15, 0.2) is 36.5 Å². The standard InChI is InChI=1S/C60H113NO10/c1-3-5-7-9-11-13-15-17-19-21-23-24-25-26-27-28-29-30-32-33-35-37-39-41-43-45-47-52(63)55(65)51(50-70-60-58(68)57(67)56(66)54(49-62)71-60)61-59(69)53(64)48-46-44-42-40-38-36-34-31-22-20-18-16-14-12-10-8-6-4-2/h22,31-33,39,41,51-58,60,62-68H,3-21,23-30,34-38,40,42-50H2,1-2H3,(H,61,69)/b31-22-,33-32+,41-39+. The van der Waals surface area contributed by atoms with Gasteiger partial charge in [-0.1, -0.05) is 230 Å². The van der Waals surface area contributed by atoms with Gasteiger partial charge in [-0.3, -0.25) is 4.79 Å². The maximum absolute atomic E-state index is 13.2. The molecular formula is C60H113NO10. The molecule has 0 bridgehead atoms. The molecule has 1 aliphatic rings. The van der Waals surface area contributed by atoms with E-state index in [-0.39, 0.29) is 12.8 Å². The Morgan fingerprint density at radius 3 is 1.25 bits per heavy atom. The lowest BCUT2D eigenvalue weighted by molar-refractivity contribution is -0.303. The highest BCUT2D eigenvalue weighted by atomic mass is 16.7. The number of unbranched alkanes of at least 4 members (excludes halogenated alkanes) is 33. The molecule has 11 heteroatoms. The van der Waals surface area contributed by atoms with Crippen LogP contribution in [0.3, 0.4) is 0 Å². The summed E-state index contributed by atoms with van der Waals surface area (Å²) >= 11 is 0. The number of aliphatic hydroxyl groups excluding tert-OH is 7. The van der Waals surface area contributed by atoms with Gasteiger partial charge in [-0.05, 0) is 77.0 Å². The highest BCUT2D eigenvalue weighted by Gasteiger charge is 2.44. The van der Waals surface area contributed by atoms with Gasteiger partial charge in [-0.2, -0.15) is 0 Å². The normalized spacial score (nSPS) is 20.4. The Hall–Kier alpha value is -1.67. The molecule has 0 spiro atoms. The highest BCUT2D eigenvalue weighted by molar-refractivity contribution is 5.80. The van der Waals surface area contributed by atoms with Crippen molar-refractivity contribution in [2.24, 2.45) is 0 Å². The largest absolute Gasteiger partial charge is 0.394 e. The zero-order valence-electron chi connectivity index (χ0n) is 45.7. The van der Waals surface area contributed by atoms with Gasteiger partial charge >= 0.3 is 0 Å². The fourth-order valence-corrected chi connectivity index (χ4v) is 9.51. The summed E-state index contributed by atoms with van der Waals surface area (Å²) in [6.07, 6.45) is 49.2. The van der Waals surface area contributed by atoms with E-state index in [1.165, 1.54) is 167 Å². The topological polar surface area (TPSA) is 189 Å². The Morgan fingerprint density at radius 2 is 0.845 bits per heavy atom. The van der Waals surface area contributed by atoms with Crippen LogP contribution < -0.4 is 5.32 Å². The molecule has 1 saturated heterocycles. The molecule has 1 amide bonds. The van der Waals surface area contributed by atoms with Gasteiger partial charge in [0.25, 0.3) is 0 Å². The number of amides is 1. The first kappa shape index (κ1) is 67.3. The van der Waals surface area contributed by atoms with Crippen LogP contribution in [0.2, 0.25) is 0 Å². The average molecular weight is 1010 g/mol. The number of allylic oxidation sites excluding steroid dienone is 6. The molecule has 8 N–H and O–H groups in total. The number of ether oxygens (including phenoxy) is 2. The number of aliphatic hydroxyl groups is 7. The van der Waals surface area contributed by atoms with Crippen molar-refractivity contribution in [2.75, 3.05) is 13.2 Å². The lowest BCUT2D eigenvalue weighted by atomic mass is 9.98. The lowest BCUT2D eigenvalue weighted by Gasteiger charge is -2.40. The van der Waals surface area contributed by atoms with E-state index in [9.17, 15) is 40.5 Å². The highest BCUT2D eigenvalue weighted by Crippen LogP contribution is 2.23. The van der Waals surface area contributed by atoms with Gasteiger partial charge in [0.1, 0.15) is 36.6 Å². The number of hydrogen-bond acceptors (Lipinski definition) is 10. The second-order valence-electron chi connectivity index (χ2n) is 21.0. The molecule has 1 heterocycles. The average Bonchev–Trinajstić information content (AvgIpc) is 3.37. The minimum Gasteiger partial charge on any atom is -0.394 e. The van der Waals surface area contributed by atoms with Gasteiger partial charge in [-0.25, -0.2) is 0 Å². The molecule has 1 rings (SSSR count). The molecule has 0 radical (unpaired) electrons. The van der Waals surface area contributed by atoms with Gasteiger partial charge in [-0.15, -0.1) is 0 Å². The zero-order chi connectivity index (χ0) is 51.8. The number of carbonyl (C=O) groups excluding carboxylic acids is 1. The van der Waals surface area contributed by atoms with Crippen molar-refractivity contribution in [1.82, 2.24) is 5.32 Å². The number of hydrogen-bond donors (Lipinski definition) is 8. The quantitative estimate of drug-likeness (QED) is 0.0215. The van der Waals surface area contributed by atoms with E-state index in [4.69, 9.17) is 9.47 Å². The summed E-state index contributed by atoms with van der Waals surface area (Å²) in [5, 5.41) is 76.1. The third-order valence-electron chi connectivity index (χ3n) is 14.4. The van der Waals surface area contributed by atoms with Crippen LogP contribution >= 0.6 is 0 Å². The third-order valence-corrected chi connectivity index (χ3v) is 14.4. The van der Waals surface area contributed by atoms with E-state index < -0.39 is 74.2 Å². The second kappa shape index (κ2) is 49.2. The van der Waals surface area contributed by atoms with Gasteiger partial charge in [0.05, 0.1) is 25.4 Å². The fourth-order valence-electron chi connectivity index (χ4n) is 9.51. The minimum absolute atomic E-state index is 0.244. The first-order chi connectivity index (χ1) is 34.7. The van der Waals surface area contributed by atoms with Gasteiger partial charge in [0, 0.05) is 0 Å². The van der Waals surface area contributed by atoms with E-state index in [2.05, 4.69) is 55.6 Å². The van der Waals surface area contributed by atoms with Crippen molar-refractivity contribution in [3.63, 3.8) is 0 Å². The van der Waals surface area contributed by atoms with Gasteiger partial charge < -0.3 is 50.5 Å². The second-order valence-corrected chi connectivity index (χ2v) is 21.0. The molecule has 418 valence electrons. The van der Waals surface area contributed by atoms with Crippen LogP contribution in [0.25, 0.3) is 0 Å². The van der Waals surface area contributed by atoms with Crippen molar-refractivity contribution >= 4 is 5.91 Å². The Morgan fingerprint density at radius 1 is 0.479 bits per heavy atom. The van der Waals surface area contributed by atoms with E-state index >= 15 is 0 Å². The van der Waals surface area contributed by atoms with Crippen LogP contribution in [0.4, 0.5) is 0 Å². The smallest absolute Gasteiger partial charge is 0.249 e.